The van der Waals surface area contributed by atoms with Gasteiger partial charge < -0.3 is 10.5 Å². The number of amides is 1. The van der Waals surface area contributed by atoms with Crippen LogP contribution < -0.4 is 5.32 Å². The van der Waals surface area contributed by atoms with Gasteiger partial charge in [-0.3, -0.25) is 4.79 Å². The molecule has 72 valence electrons. The second-order valence-electron chi connectivity index (χ2n) is 2.50. The number of oxime groups is 1. The van der Waals surface area contributed by atoms with Crippen molar-refractivity contribution in [2.45, 2.75) is 0 Å². The Morgan fingerprint density at radius 1 is 1.36 bits per heavy atom. The summed E-state index contributed by atoms with van der Waals surface area (Å²) in [5.41, 5.74) is 0.934. The van der Waals surface area contributed by atoms with Crippen molar-refractivity contribution in [3.8, 4) is 0 Å². The predicted molar refractivity (Wildman–Crippen MR) is 53.9 cm³/mol. The molecule has 4 nitrogen and oxygen atoms in total. The molecule has 1 amide bonds. The third kappa shape index (κ3) is 3.53. The van der Waals surface area contributed by atoms with Crippen LogP contribution in [0.5, 0.6) is 0 Å². The largest absolute Gasteiger partial charge is 0.410 e. The van der Waals surface area contributed by atoms with E-state index in [4.69, 9.17) is 5.21 Å². The topological polar surface area (TPSA) is 61.7 Å². The van der Waals surface area contributed by atoms with Crippen LogP contribution in [0.2, 0.25) is 0 Å². The first-order chi connectivity index (χ1) is 6.83. The molecular weight excluding hydrogens is 180 g/mol. The van der Waals surface area contributed by atoms with Crippen LogP contribution in [-0.2, 0) is 4.79 Å². The van der Waals surface area contributed by atoms with Gasteiger partial charge in [0.1, 0.15) is 6.34 Å². The van der Waals surface area contributed by atoms with E-state index < -0.39 is 0 Å². The number of benzene rings is 1. The van der Waals surface area contributed by atoms with E-state index in [-0.39, 0.29) is 5.91 Å². The summed E-state index contributed by atoms with van der Waals surface area (Å²) in [5.74, 6) is -0.341. The van der Waals surface area contributed by atoms with E-state index >= 15 is 0 Å². The zero-order valence-electron chi connectivity index (χ0n) is 7.42. The molecular formula is C10H10N2O2. The van der Waals surface area contributed by atoms with Crippen LogP contribution >= 0.6 is 0 Å². The van der Waals surface area contributed by atoms with Gasteiger partial charge in [0, 0.05) is 6.08 Å². The summed E-state index contributed by atoms with van der Waals surface area (Å²) >= 11 is 0. The summed E-state index contributed by atoms with van der Waals surface area (Å²) in [5, 5.41) is 12.9. The highest BCUT2D eigenvalue weighted by Gasteiger charge is 1.90. The van der Waals surface area contributed by atoms with Crippen molar-refractivity contribution in [2.24, 2.45) is 5.16 Å². The first-order valence-corrected chi connectivity index (χ1v) is 4.02. The van der Waals surface area contributed by atoms with E-state index in [1.165, 1.54) is 6.08 Å². The van der Waals surface area contributed by atoms with Crippen LogP contribution in [0, 0.1) is 0 Å². The van der Waals surface area contributed by atoms with E-state index in [1.54, 1.807) is 6.08 Å². The zero-order chi connectivity index (χ0) is 10.2. The van der Waals surface area contributed by atoms with E-state index in [9.17, 15) is 4.79 Å². The monoisotopic (exact) mass is 190 g/mol. The molecule has 1 aromatic carbocycles. The van der Waals surface area contributed by atoms with Gasteiger partial charge in [-0.2, -0.15) is 0 Å². The highest BCUT2D eigenvalue weighted by atomic mass is 16.4. The van der Waals surface area contributed by atoms with Gasteiger partial charge in [-0.05, 0) is 11.6 Å². The summed E-state index contributed by atoms with van der Waals surface area (Å²) in [6, 6.07) is 9.42. The van der Waals surface area contributed by atoms with Crippen LogP contribution in [0.25, 0.3) is 6.08 Å². The van der Waals surface area contributed by atoms with Crippen molar-refractivity contribution in [2.75, 3.05) is 0 Å². The van der Waals surface area contributed by atoms with Crippen molar-refractivity contribution in [3.05, 3.63) is 42.0 Å². The predicted octanol–water partition coefficient (Wildman–Crippen LogP) is 1.23. The Morgan fingerprint density at radius 3 is 2.71 bits per heavy atom. The molecule has 0 saturated carbocycles. The molecule has 1 rings (SSSR count). The number of hydrogen-bond donors (Lipinski definition) is 2. The fraction of sp³-hybridized carbons (Fsp3) is 0. The smallest absolute Gasteiger partial charge is 0.249 e. The lowest BCUT2D eigenvalue weighted by Crippen LogP contribution is -2.18. The molecule has 0 aromatic heterocycles. The molecule has 0 atom stereocenters. The molecule has 0 radical (unpaired) electrons. The SMILES string of the molecule is O=C(/C=C/c1ccccc1)NC=NO. The maximum Gasteiger partial charge on any atom is 0.249 e. The molecule has 0 bridgehead atoms. The van der Waals surface area contributed by atoms with Gasteiger partial charge in [-0.15, -0.1) is 0 Å². The fourth-order valence-corrected chi connectivity index (χ4v) is 0.877. The van der Waals surface area contributed by atoms with Gasteiger partial charge in [0.2, 0.25) is 5.91 Å². The minimum Gasteiger partial charge on any atom is -0.410 e. The second kappa shape index (κ2) is 5.53. The molecule has 0 spiro atoms. The second-order valence-corrected chi connectivity index (χ2v) is 2.50. The van der Waals surface area contributed by atoms with Crippen LogP contribution in [0.1, 0.15) is 5.56 Å². The average Bonchev–Trinajstić information content (AvgIpc) is 2.25. The van der Waals surface area contributed by atoms with E-state index in [2.05, 4.69) is 10.5 Å². The Labute approximate surface area is 81.6 Å². The van der Waals surface area contributed by atoms with Gasteiger partial charge >= 0.3 is 0 Å². The minimum atomic E-state index is -0.341. The summed E-state index contributed by atoms with van der Waals surface area (Å²) in [4.78, 5) is 11.0. The third-order valence-corrected chi connectivity index (χ3v) is 1.49. The Kier molecular flexibility index (Phi) is 3.94. The number of hydrogen-bond acceptors (Lipinski definition) is 3. The average molecular weight is 190 g/mol. The molecule has 0 saturated heterocycles. The quantitative estimate of drug-likeness (QED) is 0.247. The van der Waals surface area contributed by atoms with Gasteiger partial charge in [-0.1, -0.05) is 35.5 Å². The molecule has 0 fully saturated rings. The van der Waals surface area contributed by atoms with Gasteiger partial charge in [0.05, 0.1) is 0 Å². The summed E-state index contributed by atoms with van der Waals surface area (Å²) in [6.07, 6.45) is 3.94. The summed E-state index contributed by atoms with van der Waals surface area (Å²) in [7, 11) is 0. The molecule has 0 aliphatic carbocycles. The normalized spacial score (nSPS) is 10.9. The Bertz CT molecular complexity index is 344. The highest BCUT2D eigenvalue weighted by molar-refractivity contribution is 5.98. The van der Waals surface area contributed by atoms with Crippen molar-refractivity contribution in [3.63, 3.8) is 0 Å². The first kappa shape index (κ1) is 9.98. The molecule has 0 heterocycles. The number of rotatable bonds is 3. The summed E-state index contributed by atoms with van der Waals surface area (Å²) in [6.45, 7) is 0. The molecule has 0 unspecified atom stereocenters. The third-order valence-electron chi connectivity index (χ3n) is 1.49. The van der Waals surface area contributed by atoms with Crippen molar-refractivity contribution in [1.82, 2.24) is 5.32 Å². The maximum atomic E-state index is 11.0. The standard InChI is InChI=1S/C10H10N2O2/c13-10(11-8-12-14)7-6-9-4-2-1-3-5-9/h1-8,14H,(H,11,12,13)/b7-6+. The van der Waals surface area contributed by atoms with Gasteiger partial charge in [-0.25, -0.2) is 0 Å². The minimum absolute atomic E-state index is 0.341. The van der Waals surface area contributed by atoms with E-state index in [0.29, 0.717) is 0 Å². The lowest BCUT2D eigenvalue weighted by Gasteiger charge is -1.91. The molecule has 2 N–H and O–H groups in total. The Hall–Kier alpha value is -2.10. The first-order valence-electron chi connectivity index (χ1n) is 4.02. The molecule has 4 heteroatoms. The molecule has 0 aliphatic rings. The van der Waals surface area contributed by atoms with Crippen molar-refractivity contribution in [1.29, 1.82) is 0 Å². The van der Waals surface area contributed by atoms with Gasteiger partial charge in [0.15, 0.2) is 0 Å². The van der Waals surface area contributed by atoms with Crippen LogP contribution in [-0.4, -0.2) is 17.5 Å². The lowest BCUT2D eigenvalue weighted by atomic mass is 10.2. The van der Waals surface area contributed by atoms with Crippen molar-refractivity contribution < 1.29 is 10.0 Å². The zero-order valence-corrected chi connectivity index (χ0v) is 7.42. The van der Waals surface area contributed by atoms with E-state index in [1.807, 2.05) is 30.3 Å². The van der Waals surface area contributed by atoms with Gasteiger partial charge in [0.25, 0.3) is 0 Å². The number of carbonyl (C=O) groups is 1. The van der Waals surface area contributed by atoms with Crippen LogP contribution in [0.4, 0.5) is 0 Å². The number of nitrogens with zero attached hydrogens (tertiary/aromatic N) is 1. The lowest BCUT2D eigenvalue weighted by molar-refractivity contribution is -0.115. The Balaban J connectivity index is 2.52. The van der Waals surface area contributed by atoms with E-state index in [0.717, 1.165) is 11.9 Å². The number of nitrogens with one attached hydrogen (secondary N) is 1. The highest BCUT2D eigenvalue weighted by Crippen LogP contribution is 1.99. The Morgan fingerprint density at radius 2 is 2.07 bits per heavy atom. The maximum absolute atomic E-state index is 11.0. The summed E-state index contributed by atoms with van der Waals surface area (Å²) < 4.78 is 0. The fourth-order valence-electron chi connectivity index (χ4n) is 0.877. The van der Waals surface area contributed by atoms with Crippen LogP contribution in [0.3, 0.4) is 0 Å². The van der Waals surface area contributed by atoms with Crippen molar-refractivity contribution >= 4 is 18.3 Å². The molecule has 1 aromatic rings. The van der Waals surface area contributed by atoms with Crippen LogP contribution in [0.15, 0.2) is 41.6 Å². The molecule has 14 heavy (non-hydrogen) atoms. The number of carbonyl (C=O) groups excluding carboxylic acids is 1. The molecule has 0 aliphatic heterocycles.